The number of hydrogen-bond donors (Lipinski definition) is 0. The Kier molecular flexibility index (Phi) is 60.9. The van der Waals surface area contributed by atoms with E-state index in [0.717, 1.165) is 80.3 Å². The second kappa shape index (κ2) is 62.2. The number of allylic oxidation sites excluding steroid dienone is 2. The molecule has 3 rings (SSSR count). The van der Waals surface area contributed by atoms with Crippen molar-refractivity contribution < 1.29 is 25.1 Å². The fourth-order valence-corrected chi connectivity index (χ4v) is 12.0. The Morgan fingerprint density at radius 3 is 0.902 bits per heavy atom. The zero-order valence-electron chi connectivity index (χ0n) is 56.1. The summed E-state index contributed by atoms with van der Waals surface area (Å²) >= 11 is 0. The van der Waals surface area contributed by atoms with Crippen LogP contribution in [0.1, 0.15) is 404 Å². The van der Waals surface area contributed by atoms with Gasteiger partial charge in [0.15, 0.2) is 0 Å². The first-order chi connectivity index (χ1) is 40.0. The van der Waals surface area contributed by atoms with Crippen molar-refractivity contribution in [3.63, 3.8) is 0 Å². The molecule has 1 aliphatic rings. The molecule has 82 heavy (non-hydrogen) atoms. The Bertz CT molecular complexity index is 1640. The molecule has 2 nitrogen and oxygen atoms in total. The first-order valence-corrected chi connectivity index (χ1v) is 36.7. The quantitative estimate of drug-likeness (QED) is 0.0273. The van der Waals surface area contributed by atoms with Gasteiger partial charge in [0.05, 0.1) is 0 Å². The van der Waals surface area contributed by atoms with E-state index in [0.29, 0.717) is 0 Å². The third-order valence-electron chi connectivity index (χ3n) is 17.4. The molecule has 0 atom stereocenters. The van der Waals surface area contributed by atoms with Gasteiger partial charge in [-0.25, -0.2) is 4.70 Å². The molecule has 3 heteroatoms. The monoisotopic (exact) mass is 1220 g/mol. The predicted octanol–water partition coefficient (Wildman–Crippen LogP) is 28.4. The number of unbranched alkanes of at least 4 members (excludes halogenated alkanes) is 45. The van der Waals surface area contributed by atoms with Crippen LogP contribution in [0.4, 0.5) is 0 Å². The van der Waals surface area contributed by atoms with Crippen LogP contribution in [-0.2, 0) is 33.3 Å². The van der Waals surface area contributed by atoms with E-state index in [4.69, 9.17) is 0 Å². The first kappa shape index (κ1) is 80.2. The summed E-state index contributed by atoms with van der Waals surface area (Å²) in [5.74, 6) is 0. The zero-order valence-corrected chi connectivity index (χ0v) is 57.7. The molecule has 0 aliphatic carbocycles. The van der Waals surface area contributed by atoms with E-state index < -0.39 is 0 Å². The van der Waals surface area contributed by atoms with Crippen molar-refractivity contribution in [2.45, 2.75) is 395 Å². The number of aryl methyl sites for hydroxylation is 2. The molecule has 0 N–H and O–H groups in total. The summed E-state index contributed by atoms with van der Waals surface area (Å²) in [6, 6.07) is 17.9. The second-order valence-corrected chi connectivity index (χ2v) is 25.3. The summed E-state index contributed by atoms with van der Waals surface area (Å²) in [5.41, 5.74) is 21.6. The van der Waals surface area contributed by atoms with Gasteiger partial charge in [-0.05, 0) is 86.8 Å². The number of rotatable bonds is 55. The van der Waals surface area contributed by atoms with E-state index in [1.54, 1.807) is 4.70 Å². The van der Waals surface area contributed by atoms with Crippen LogP contribution in [0, 0.1) is 13.8 Å². The van der Waals surface area contributed by atoms with Gasteiger partial charge in [-0.1, -0.05) is 355 Å². The van der Waals surface area contributed by atoms with Gasteiger partial charge in [-0.15, -0.1) is 0 Å². The van der Waals surface area contributed by atoms with Crippen molar-refractivity contribution in [3.05, 3.63) is 101 Å². The average Bonchev–Trinajstić information content (AvgIpc) is 3.87. The molecule has 2 aromatic rings. The van der Waals surface area contributed by atoms with Gasteiger partial charge in [0, 0.05) is 22.3 Å². The van der Waals surface area contributed by atoms with Crippen molar-refractivity contribution in [1.82, 2.24) is 0 Å². The molecule has 0 amide bonds. The van der Waals surface area contributed by atoms with Crippen LogP contribution in [0.2, 0.25) is 0 Å². The van der Waals surface area contributed by atoms with Crippen molar-refractivity contribution in [2.24, 2.45) is 0 Å². The van der Waals surface area contributed by atoms with Crippen molar-refractivity contribution in [3.8, 4) is 0 Å². The molecule has 0 aromatic heterocycles. The normalized spacial score (nSPS) is 12.2. The van der Waals surface area contributed by atoms with Gasteiger partial charge in [-0.2, -0.15) is 12.8 Å². The third-order valence-corrected chi connectivity index (χ3v) is 17.4. The van der Waals surface area contributed by atoms with E-state index in [9.17, 15) is 5.53 Å². The molecule has 0 spiro atoms. The fourth-order valence-electron chi connectivity index (χ4n) is 12.0. The molecule has 0 fully saturated rings. The largest absolute Gasteiger partial charge is 2.00 e. The molecule has 1 aliphatic heterocycles. The molecule has 0 radical (unpaired) electrons. The Morgan fingerprint density at radius 1 is 0.280 bits per heavy atom. The van der Waals surface area contributed by atoms with Gasteiger partial charge >= 0.3 is 20.4 Å². The van der Waals surface area contributed by atoms with E-state index in [1.807, 2.05) is 0 Å². The molecule has 0 saturated carbocycles. The number of benzene rings is 2. The minimum absolute atomic E-state index is 0. The minimum atomic E-state index is 0. The molecule has 1 heterocycles. The van der Waals surface area contributed by atoms with Crippen molar-refractivity contribution >= 4 is 11.4 Å². The standard InChI is InChI=1S/C35H50N2.2C22H45.Pd/c1-5-9-13-15-18-29-19-16-20-31(27-29)35-32(21-12-8-4)33(22-14-10-6-2)34(37(35)36)30-25-23-28(24-26-30)17-11-7-3;2*1-3-5-7-9-11-13-15-17-19-21-22-20-18-16-14-12-10-8-6-4-2;/h16,19-20,23-27H,5-15,17-18,21-22H2,1-4H3;2*1,3-22H2,2H3;/q;2*-1;+2. The van der Waals surface area contributed by atoms with Crippen LogP contribution >= 0.6 is 0 Å². The average molecular weight is 1220 g/mol. The molecule has 0 unspecified atom stereocenters. The first-order valence-electron chi connectivity index (χ1n) is 36.7. The Hall–Kier alpha value is -1.82. The summed E-state index contributed by atoms with van der Waals surface area (Å²) in [5, 5.41) is 0. The van der Waals surface area contributed by atoms with Crippen LogP contribution in [0.3, 0.4) is 0 Å². The van der Waals surface area contributed by atoms with Gasteiger partial charge in [0.2, 0.25) is 11.4 Å². The molecule has 0 saturated heterocycles. The van der Waals surface area contributed by atoms with Gasteiger partial charge < -0.3 is 19.4 Å². The van der Waals surface area contributed by atoms with Crippen LogP contribution in [0.5, 0.6) is 0 Å². The minimum Gasteiger partial charge on any atom is -0.493 e. The van der Waals surface area contributed by atoms with Crippen LogP contribution in [0.15, 0.2) is 59.7 Å². The summed E-state index contributed by atoms with van der Waals surface area (Å²) < 4.78 is 1.55. The maximum absolute atomic E-state index is 11.8. The van der Waals surface area contributed by atoms with Gasteiger partial charge in [0.1, 0.15) is 0 Å². The zero-order chi connectivity index (χ0) is 58.7. The number of hydrogen-bond acceptors (Lipinski definition) is 0. The number of nitrogens with zero attached hydrogens (tertiary/aromatic N) is 2. The van der Waals surface area contributed by atoms with Crippen molar-refractivity contribution in [2.75, 3.05) is 0 Å². The van der Waals surface area contributed by atoms with Crippen LogP contribution in [-0.4, -0.2) is 4.70 Å². The maximum atomic E-state index is 11.8. The molecule has 476 valence electrons. The van der Waals surface area contributed by atoms with E-state index in [1.165, 1.54) is 318 Å². The SMILES string of the molecule is CCCCCCc1cccc(C2=C(CCCC)C(CCCCC)=C(c3ccc(CCCC)cc3)[N+]2=[N-])c1.[CH2-]CCCCCCCCCCCCCCCCCCCCC.[CH2-]CCCCCCCCCCCCCCCCCCCCC.[Pd+2]. The van der Waals surface area contributed by atoms with E-state index >= 15 is 0 Å². The maximum Gasteiger partial charge on any atom is 2.00 e. The molecule has 2 aromatic carbocycles. The Labute approximate surface area is 529 Å². The van der Waals surface area contributed by atoms with Crippen LogP contribution in [0.25, 0.3) is 16.9 Å². The summed E-state index contributed by atoms with van der Waals surface area (Å²) in [4.78, 5) is 0. The smallest absolute Gasteiger partial charge is 0.493 e. The summed E-state index contributed by atoms with van der Waals surface area (Å²) in [7, 11) is 0. The van der Waals surface area contributed by atoms with E-state index in [-0.39, 0.29) is 20.4 Å². The summed E-state index contributed by atoms with van der Waals surface area (Å²) in [6.07, 6.45) is 75.3. The predicted molar refractivity (Wildman–Crippen MR) is 367 cm³/mol. The summed E-state index contributed by atoms with van der Waals surface area (Å²) in [6.45, 7) is 21.4. The molecular formula is C79H140N2Pd. The van der Waals surface area contributed by atoms with Crippen molar-refractivity contribution in [1.29, 1.82) is 0 Å². The van der Waals surface area contributed by atoms with E-state index in [2.05, 4.69) is 104 Å². The molecular weight excluding hydrogens is 1080 g/mol. The Morgan fingerprint density at radius 2 is 0.549 bits per heavy atom. The fraction of sp³-hybridized carbons (Fsp3) is 0.772. The van der Waals surface area contributed by atoms with Gasteiger partial charge in [-0.3, -0.25) is 0 Å². The third kappa shape index (κ3) is 43.7. The van der Waals surface area contributed by atoms with Gasteiger partial charge in [0.25, 0.3) is 0 Å². The molecule has 0 bridgehead atoms. The van der Waals surface area contributed by atoms with Crippen LogP contribution < -0.4 is 0 Å². The Balaban J connectivity index is 0.00000127. The second-order valence-electron chi connectivity index (χ2n) is 25.3. The topological polar surface area (TPSA) is 25.3 Å².